The molecule has 122 valence electrons. The molecule has 4 unspecified atom stereocenters. The quantitative estimate of drug-likeness (QED) is 0.786. The second-order valence-corrected chi connectivity index (χ2v) is 6.23. The van der Waals surface area contributed by atoms with Crippen molar-refractivity contribution in [3.8, 4) is 5.75 Å². The SMILES string of the molecule is COc1ccc(CCNC(=O)C2C3C=CC(C3)C2C(=O)O)cc1. The van der Waals surface area contributed by atoms with E-state index in [4.69, 9.17) is 4.74 Å². The van der Waals surface area contributed by atoms with Crippen molar-refractivity contribution >= 4 is 11.9 Å². The minimum atomic E-state index is -0.864. The number of amides is 1. The summed E-state index contributed by atoms with van der Waals surface area (Å²) in [5.74, 6) is -1.13. The zero-order chi connectivity index (χ0) is 16.4. The van der Waals surface area contributed by atoms with Gasteiger partial charge in [0.05, 0.1) is 18.9 Å². The highest BCUT2D eigenvalue weighted by Gasteiger charge is 2.51. The molecule has 0 aromatic heterocycles. The molecule has 2 bridgehead atoms. The Labute approximate surface area is 135 Å². The third-order valence-electron chi connectivity index (χ3n) is 4.92. The summed E-state index contributed by atoms with van der Waals surface area (Å²) in [5.41, 5.74) is 1.11. The maximum atomic E-state index is 12.4. The molecule has 5 heteroatoms. The van der Waals surface area contributed by atoms with E-state index in [0.29, 0.717) is 13.0 Å². The van der Waals surface area contributed by atoms with Gasteiger partial charge in [0.2, 0.25) is 5.91 Å². The Bertz CT molecular complexity index is 622. The van der Waals surface area contributed by atoms with Gasteiger partial charge in [-0.15, -0.1) is 0 Å². The van der Waals surface area contributed by atoms with Crippen LogP contribution in [-0.4, -0.2) is 30.6 Å². The van der Waals surface area contributed by atoms with Crippen LogP contribution in [-0.2, 0) is 16.0 Å². The second-order valence-electron chi connectivity index (χ2n) is 6.23. The molecule has 4 atom stereocenters. The monoisotopic (exact) mass is 315 g/mol. The van der Waals surface area contributed by atoms with Crippen molar-refractivity contribution in [3.63, 3.8) is 0 Å². The number of ether oxygens (including phenoxy) is 1. The fraction of sp³-hybridized carbons (Fsp3) is 0.444. The number of rotatable bonds is 6. The van der Waals surface area contributed by atoms with E-state index in [1.807, 2.05) is 36.4 Å². The van der Waals surface area contributed by atoms with Crippen molar-refractivity contribution in [2.45, 2.75) is 12.8 Å². The molecule has 0 aliphatic heterocycles. The smallest absolute Gasteiger partial charge is 0.307 e. The molecule has 2 N–H and O–H groups in total. The average Bonchev–Trinajstić information content (AvgIpc) is 3.16. The average molecular weight is 315 g/mol. The number of nitrogens with one attached hydrogen (secondary N) is 1. The minimum absolute atomic E-state index is 0.00911. The summed E-state index contributed by atoms with van der Waals surface area (Å²) in [5, 5.41) is 12.3. The van der Waals surface area contributed by atoms with Crippen LogP contribution in [0.3, 0.4) is 0 Å². The van der Waals surface area contributed by atoms with Gasteiger partial charge in [0, 0.05) is 6.54 Å². The van der Waals surface area contributed by atoms with Gasteiger partial charge in [-0.05, 0) is 42.4 Å². The van der Waals surface area contributed by atoms with E-state index < -0.39 is 17.8 Å². The van der Waals surface area contributed by atoms with E-state index in [-0.39, 0.29) is 17.7 Å². The van der Waals surface area contributed by atoms with E-state index in [1.54, 1.807) is 7.11 Å². The van der Waals surface area contributed by atoms with Gasteiger partial charge in [0.25, 0.3) is 0 Å². The highest BCUT2D eigenvalue weighted by molar-refractivity contribution is 5.86. The number of aliphatic carboxylic acids is 1. The minimum Gasteiger partial charge on any atom is -0.497 e. The zero-order valence-corrected chi connectivity index (χ0v) is 13.1. The Balaban J connectivity index is 1.54. The van der Waals surface area contributed by atoms with Crippen molar-refractivity contribution in [3.05, 3.63) is 42.0 Å². The van der Waals surface area contributed by atoms with Gasteiger partial charge < -0.3 is 15.2 Å². The summed E-state index contributed by atoms with van der Waals surface area (Å²) in [4.78, 5) is 23.8. The predicted octanol–water partition coefficient (Wildman–Crippen LogP) is 1.88. The number of benzene rings is 1. The van der Waals surface area contributed by atoms with Crippen LogP contribution in [0.1, 0.15) is 12.0 Å². The van der Waals surface area contributed by atoms with Crippen molar-refractivity contribution in [1.82, 2.24) is 5.32 Å². The number of carbonyl (C=O) groups excluding carboxylic acids is 1. The first-order valence-electron chi connectivity index (χ1n) is 7.92. The normalized spacial score (nSPS) is 27.9. The molecule has 2 aliphatic carbocycles. The first kappa shape index (κ1) is 15.6. The van der Waals surface area contributed by atoms with E-state index in [0.717, 1.165) is 17.7 Å². The van der Waals surface area contributed by atoms with Crippen LogP contribution in [0.15, 0.2) is 36.4 Å². The molecule has 2 aliphatic rings. The fourth-order valence-corrected chi connectivity index (χ4v) is 3.76. The lowest BCUT2D eigenvalue weighted by molar-refractivity contribution is -0.147. The van der Waals surface area contributed by atoms with Crippen LogP contribution in [0.5, 0.6) is 5.75 Å². The molecular weight excluding hydrogens is 294 g/mol. The molecule has 1 amide bonds. The Morgan fingerprint density at radius 3 is 2.43 bits per heavy atom. The van der Waals surface area contributed by atoms with E-state index in [2.05, 4.69) is 5.32 Å². The maximum absolute atomic E-state index is 12.4. The van der Waals surface area contributed by atoms with E-state index in [1.165, 1.54) is 0 Å². The molecule has 1 aromatic carbocycles. The van der Waals surface area contributed by atoms with E-state index in [9.17, 15) is 14.7 Å². The molecule has 23 heavy (non-hydrogen) atoms. The number of hydrogen-bond acceptors (Lipinski definition) is 3. The highest BCUT2D eigenvalue weighted by Crippen LogP contribution is 2.48. The largest absolute Gasteiger partial charge is 0.497 e. The van der Waals surface area contributed by atoms with Gasteiger partial charge in [0.1, 0.15) is 5.75 Å². The first-order valence-corrected chi connectivity index (χ1v) is 7.92. The number of carboxylic acid groups (broad SMARTS) is 1. The van der Waals surface area contributed by atoms with Gasteiger partial charge in [-0.25, -0.2) is 0 Å². The van der Waals surface area contributed by atoms with Crippen LogP contribution >= 0.6 is 0 Å². The van der Waals surface area contributed by atoms with Gasteiger partial charge in [0.15, 0.2) is 0 Å². The molecule has 0 heterocycles. The number of allylic oxidation sites excluding steroid dienone is 2. The summed E-state index contributed by atoms with van der Waals surface area (Å²) in [6.07, 6.45) is 5.44. The second kappa shape index (κ2) is 6.44. The summed E-state index contributed by atoms with van der Waals surface area (Å²) >= 11 is 0. The van der Waals surface area contributed by atoms with Crippen molar-refractivity contribution in [2.75, 3.05) is 13.7 Å². The van der Waals surface area contributed by atoms with Crippen LogP contribution in [0.25, 0.3) is 0 Å². The molecule has 1 saturated carbocycles. The third-order valence-corrected chi connectivity index (χ3v) is 4.92. The molecule has 0 radical (unpaired) electrons. The van der Waals surface area contributed by atoms with Crippen LogP contribution in [0, 0.1) is 23.7 Å². The van der Waals surface area contributed by atoms with Gasteiger partial charge >= 0.3 is 5.97 Å². The number of hydrogen-bond donors (Lipinski definition) is 2. The number of fused-ring (bicyclic) bond motifs is 2. The predicted molar refractivity (Wildman–Crippen MR) is 85.1 cm³/mol. The molecule has 5 nitrogen and oxygen atoms in total. The molecule has 3 rings (SSSR count). The Morgan fingerprint density at radius 1 is 1.17 bits per heavy atom. The number of carboxylic acids is 1. The van der Waals surface area contributed by atoms with E-state index >= 15 is 0 Å². The van der Waals surface area contributed by atoms with Crippen LogP contribution in [0.2, 0.25) is 0 Å². The number of carbonyl (C=O) groups is 2. The lowest BCUT2D eigenvalue weighted by Crippen LogP contribution is -2.40. The van der Waals surface area contributed by atoms with Crippen molar-refractivity contribution in [2.24, 2.45) is 23.7 Å². The number of methoxy groups -OCH3 is 1. The van der Waals surface area contributed by atoms with Gasteiger partial charge in [-0.1, -0.05) is 24.3 Å². The highest BCUT2D eigenvalue weighted by atomic mass is 16.5. The zero-order valence-electron chi connectivity index (χ0n) is 13.1. The van der Waals surface area contributed by atoms with Gasteiger partial charge in [-0.2, -0.15) is 0 Å². The summed E-state index contributed by atoms with van der Waals surface area (Å²) < 4.78 is 5.11. The maximum Gasteiger partial charge on any atom is 0.307 e. The molecule has 0 spiro atoms. The Kier molecular flexibility index (Phi) is 4.37. The lowest BCUT2D eigenvalue weighted by atomic mass is 9.82. The lowest BCUT2D eigenvalue weighted by Gasteiger charge is -2.23. The molecule has 1 aromatic rings. The fourth-order valence-electron chi connectivity index (χ4n) is 3.76. The first-order chi connectivity index (χ1) is 11.1. The summed E-state index contributed by atoms with van der Waals surface area (Å²) in [6, 6.07) is 7.70. The topological polar surface area (TPSA) is 75.6 Å². The van der Waals surface area contributed by atoms with Crippen LogP contribution < -0.4 is 10.1 Å². The van der Waals surface area contributed by atoms with Gasteiger partial charge in [-0.3, -0.25) is 9.59 Å². The van der Waals surface area contributed by atoms with Crippen molar-refractivity contribution < 1.29 is 19.4 Å². The summed E-state index contributed by atoms with van der Waals surface area (Å²) in [6.45, 7) is 0.509. The molecular formula is C18H21NO4. The standard InChI is InChI=1S/C18H21NO4/c1-23-14-6-2-11(3-7-14)8-9-19-17(20)15-12-4-5-13(10-12)16(15)18(21)22/h2-7,12-13,15-16H,8-10H2,1H3,(H,19,20)(H,21,22). The third kappa shape index (κ3) is 3.09. The molecule has 0 saturated heterocycles. The van der Waals surface area contributed by atoms with Crippen molar-refractivity contribution in [1.29, 1.82) is 0 Å². The summed E-state index contributed by atoms with van der Waals surface area (Å²) in [7, 11) is 1.62. The van der Waals surface area contributed by atoms with Crippen LogP contribution in [0.4, 0.5) is 0 Å². The molecule has 1 fully saturated rings. The Morgan fingerprint density at radius 2 is 1.83 bits per heavy atom. The Hall–Kier alpha value is -2.30.